The third-order valence-corrected chi connectivity index (χ3v) is 9.26. The average Bonchev–Trinajstić information content (AvgIpc) is 3.67. The van der Waals surface area contributed by atoms with Gasteiger partial charge in [0.2, 0.25) is 5.95 Å². The van der Waals surface area contributed by atoms with E-state index in [2.05, 4.69) is 114 Å². The summed E-state index contributed by atoms with van der Waals surface area (Å²) < 4.78 is 8.51. The van der Waals surface area contributed by atoms with E-state index < -0.39 is 0 Å². The maximum atomic E-state index is 6.32. The first-order valence-electron chi connectivity index (χ1n) is 15.5. The first kappa shape index (κ1) is 25.1. The quantitative estimate of drug-likeness (QED) is 0.207. The van der Waals surface area contributed by atoms with Crippen LogP contribution in [0.1, 0.15) is 0 Å². The van der Waals surface area contributed by atoms with Crippen LogP contribution in [-0.4, -0.2) is 14.5 Å². The number of aromatic nitrogens is 3. The number of nitrogens with zero attached hydrogens (tertiary/aromatic N) is 3. The molecule has 0 fully saturated rings. The van der Waals surface area contributed by atoms with Crippen molar-refractivity contribution in [2.75, 3.05) is 0 Å². The van der Waals surface area contributed by atoms with Gasteiger partial charge >= 0.3 is 0 Å². The standard InChI is InChI=1S/C42H25N3O/c1-4-13-36-30(8-1)25-43-42(44-36)45-37-14-5-2-10-34(37)40-35-24-29(21-20-28(35)22-23-38(40)45)26-16-18-27(19-17-26)31-11-7-12-33-32-9-3-6-15-39(32)46-41(31)33/h1-25H. The van der Waals surface area contributed by atoms with E-state index in [-0.39, 0.29) is 0 Å². The highest BCUT2D eigenvalue weighted by Gasteiger charge is 2.17. The maximum Gasteiger partial charge on any atom is 0.235 e. The van der Waals surface area contributed by atoms with Gasteiger partial charge in [-0.3, -0.25) is 4.57 Å². The monoisotopic (exact) mass is 587 g/mol. The highest BCUT2D eigenvalue weighted by molar-refractivity contribution is 6.21. The van der Waals surface area contributed by atoms with E-state index in [0.717, 1.165) is 55.0 Å². The van der Waals surface area contributed by atoms with Crippen LogP contribution in [0.3, 0.4) is 0 Å². The lowest BCUT2D eigenvalue weighted by molar-refractivity contribution is 0.670. The third-order valence-electron chi connectivity index (χ3n) is 9.26. The van der Waals surface area contributed by atoms with E-state index in [9.17, 15) is 0 Å². The lowest BCUT2D eigenvalue weighted by Gasteiger charge is -2.09. The number of hydrogen-bond acceptors (Lipinski definition) is 3. The van der Waals surface area contributed by atoms with Crippen LogP contribution in [0.4, 0.5) is 0 Å². The fourth-order valence-corrected chi connectivity index (χ4v) is 7.07. The topological polar surface area (TPSA) is 43.9 Å². The van der Waals surface area contributed by atoms with Crippen molar-refractivity contribution in [3.63, 3.8) is 0 Å². The minimum atomic E-state index is 0.676. The second kappa shape index (κ2) is 9.62. The summed E-state index contributed by atoms with van der Waals surface area (Å²) in [6.07, 6.45) is 1.91. The van der Waals surface area contributed by atoms with Crippen molar-refractivity contribution in [3.8, 4) is 28.2 Å². The molecule has 4 nitrogen and oxygen atoms in total. The van der Waals surface area contributed by atoms with E-state index >= 15 is 0 Å². The molecule has 0 spiro atoms. The summed E-state index contributed by atoms with van der Waals surface area (Å²) in [6.45, 7) is 0. The average molecular weight is 588 g/mol. The van der Waals surface area contributed by atoms with E-state index in [0.29, 0.717) is 5.95 Å². The molecule has 7 aromatic carbocycles. The molecule has 0 aliphatic carbocycles. The summed E-state index contributed by atoms with van der Waals surface area (Å²) in [5.41, 5.74) is 9.54. The number of benzene rings is 7. The van der Waals surface area contributed by atoms with Crippen molar-refractivity contribution in [2.45, 2.75) is 0 Å². The Morgan fingerprint density at radius 2 is 1.24 bits per heavy atom. The molecule has 0 unspecified atom stereocenters. The first-order valence-corrected chi connectivity index (χ1v) is 15.5. The fraction of sp³-hybridized carbons (Fsp3) is 0. The minimum absolute atomic E-state index is 0.676. The summed E-state index contributed by atoms with van der Waals surface area (Å²) in [4.78, 5) is 9.78. The zero-order valence-electron chi connectivity index (χ0n) is 24.7. The predicted molar refractivity (Wildman–Crippen MR) is 190 cm³/mol. The number of furan rings is 1. The number of fused-ring (bicyclic) bond motifs is 9. The lowest BCUT2D eigenvalue weighted by Crippen LogP contribution is -2.00. The SMILES string of the molecule is c1ccc2nc(-n3c4ccccc4c4c5cc(-c6ccc(-c7cccc8c7oc7ccccc78)cc6)ccc5ccc43)ncc2c1. The Bertz CT molecular complexity index is 2810. The molecule has 0 atom stereocenters. The zero-order chi connectivity index (χ0) is 30.2. The summed E-state index contributed by atoms with van der Waals surface area (Å²) in [5, 5.41) is 8.12. The van der Waals surface area contributed by atoms with Gasteiger partial charge in [-0.05, 0) is 57.8 Å². The summed E-state index contributed by atoms with van der Waals surface area (Å²) in [5.74, 6) is 0.676. The van der Waals surface area contributed by atoms with Crippen molar-refractivity contribution in [2.24, 2.45) is 0 Å². The van der Waals surface area contributed by atoms with Crippen molar-refractivity contribution in [3.05, 3.63) is 152 Å². The Balaban J connectivity index is 1.12. The molecule has 0 bridgehead atoms. The minimum Gasteiger partial charge on any atom is -0.455 e. The van der Waals surface area contributed by atoms with Crippen molar-refractivity contribution in [1.82, 2.24) is 14.5 Å². The maximum absolute atomic E-state index is 6.32. The Kier molecular flexibility index (Phi) is 5.25. The van der Waals surface area contributed by atoms with Gasteiger partial charge in [0, 0.05) is 38.7 Å². The molecule has 0 saturated carbocycles. The molecule has 0 N–H and O–H groups in total. The third kappa shape index (κ3) is 3.67. The normalized spacial score (nSPS) is 11.9. The molecule has 214 valence electrons. The zero-order valence-corrected chi connectivity index (χ0v) is 24.7. The molecule has 3 heterocycles. The highest BCUT2D eigenvalue weighted by atomic mass is 16.3. The summed E-state index contributed by atoms with van der Waals surface area (Å²) in [7, 11) is 0. The summed E-state index contributed by atoms with van der Waals surface area (Å²) >= 11 is 0. The van der Waals surface area contributed by atoms with Crippen LogP contribution >= 0.6 is 0 Å². The molecule has 0 amide bonds. The van der Waals surface area contributed by atoms with Crippen LogP contribution in [-0.2, 0) is 0 Å². The Morgan fingerprint density at radius 3 is 2.17 bits per heavy atom. The largest absolute Gasteiger partial charge is 0.455 e. The van der Waals surface area contributed by atoms with Crippen LogP contribution < -0.4 is 0 Å². The molecular weight excluding hydrogens is 562 g/mol. The van der Waals surface area contributed by atoms with Crippen molar-refractivity contribution >= 4 is 65.4 Å². The second-order valence-corrected chi connectivity index (χ2v) is 11.8. The molecule has 10 rings (SSSR count). The molecule has 4 heteroatoms. The Labute approximate surface area is 263 Å². The van der Waals surface area contributed by atoms with Gasteiger partial charge in [0.25, 0.3) is 0 Å². The predicted octanol–water partition coefficient (Wildman–Crippen LogP) is 11.1. The molecule has 0 aliphatic heterocycles. The number of rotatable bonds is 3. The van der Waals surface area contributed by atoms with Gasteiger partial charge in [-0.1, -0.05) is 115 Å². The van der Waals surface area contributed by atoms with Crippen LogP contribution in [0.15, 0.2) is 156 Å². The van der Waals surface area contributed by atoms with Gasteiger partial charge in [0.15, 0.2) is 0 Å². The van der Waals surface area contributed by atoms with E-state index in [1.807, 2.05) is 42.6 Å². The molecule has 3 aromatic heterocycles. The van der Waals surface area contributed by atoms with Crippen LogP contribution in [0.5, 0.6) is 0 Å². The second-order valence-electron chi connectivity index (χ2n) is 11.8. The Morgan fingerprint density at radius 1 is 0.500 bits per heavy atom. The Hall–Kier alpha value is -6.26. The van der Waals surface area contributed by atoms with Gasteiger partial charge in [-0.25, -0.2) is 9.97 Å². The number of para-hydroxylation sites is 4. The van der Waals surface area contributed by atoms with Gasteiger partial charge < -0.3 is 4.42 Å². The lowest BCUT2D eigenvalue weighted by atomic mass is 9.96. The van der Waals surface area contributed by atoms with Crippen LogP contribution in [0.2, 0.25) is 0 Å². The molecule has 46 heavy (non-hydrogen) atoms. The van der Waals surface area contributed by atoms with Crippen LogP contribution in [0, 0.1) is 0 Å². The van der Waals surface area contributed by atoms with E-state index in [1.54, 1.807) is 0 Å². The highest BCUT2D eigenvalue weighted by Crippen LogP contribution is 2.39. The van der Waals surface area contributed by atoms with Crippen molar-refractivity contribution in [1.29, 1.82) is 0 Å². The van der Waals surface area contributed by atoms with Crippen LogP contribution in [0.25, 0.3) is 93.6 Å². The molecule has 0 aliphatic rings. The molecule has 0 saturated heterocycles. The van der Waals surface area contributed by atoms with Gasteiger partial charge in [-0.2, -0.15) is 0 Å². The molecule has 10 aromatic rings. The van der Waals surface area contributed by atoms with Gasteiger partial charge in [0.05, 0.1) is 16.6 Å². The molecule has 0 radical (unpaired) electrons. The van der Waals surface area contributed by atoms with E-state index in [4.69, 9.17) is 14.4 Å². The smallest absolute Gasteiger partial charge is 0.235 e. The van der Waals surface area contributed by atoms with Gasteiger partial charge in [-0.15, -0.1) is 0 Å². The fourth-order valence-electron chi connectivity index (χ4n) is 7.07. The van der Waals surface area contributed by atoms with Crippen molar-refractivity contribution < 1.29 is 4.42 Å². The summed E-state index contributed by atoms with van der Waals surface area (Å²) in [6, 6.07) is 51.3. The van der Waals surface area contributed by atoms with E-state index in [1.165, 1.54) is 32.7 Å². The first-order chi connectivity index (χ1) is 22.8. The number of hydrogen-bond donors (Lipinski definition) is 0. The molecular formula is C42H25N3O. The van der Waals surface area contributed by atoms with Gasteiger partial charge in [0.1, 0.15) is 11.2 Å².